The van der Waals surface area contributed by atoms with Crippen molar-refractivity contribution in [2.45, 2.75) is 77.4 Å². The fourth-order valence-corrected chi connectivity index (χ4v) is 8.02. The van der Waals surface area contributed by atoms with E-state index in [4.69, 9.17) is 4.18 Å². The van der Waals surface area contributed by atoms with E-state index in [9.17, 15) is 18.6 Å². The van der Waals surface area contributed by atoms with Crippen LogP contribution in [-0.2, 0) is 14.3 Å². The molecule has 4 aliphatic rings. The summed E-state index contributed by atoms with van der Waals surface area (Å²) in [6.45, 7) is 4.71. The Hall–Kier alpha value is -0.430. The standard InChI is InChI=1S/C22H36O5S/c1-4-14-11-19(24)21(2)9-8-18-17(20(14)21)6-5-15-12-16(23)7-10-22(15,18)13-27-28(3,25)26/h5,14,16-20,23-24H,4,6-13H2,1-3H3/t14?,16?,17-,18-,19?,20+,21-,22-/m1/s1. The Morgan fingerprint density at radius 2 is 2.00 bits per heavy atom. The van der Waals surface area contributed by atoms with Gasteiger partial charge in [-0.25, -0.2) is 0 Å². The zero-order valence-electron chi connectivity index (χ0n) is 17.4. The predicted molar refractivity (Wildman–Crippen MR) is 108 cm³/mol. The summed E-state index contributed by atoms with van der Waals surface area (Å²) < 4.78 is 29.1. The minimum atomic E-state index is -3.51. The van der Waals surface area contributed by atoms with Gasteiger partial charge in [-0.1, -0.05) is 31.9 Å². The molecule has 0 aromatic carbocycles. The maximum absolute atomic E-state index is 11.8. The van der Waals surface area contributed by atoms with E-state index in [2.05, 4.69) is 19.9 Å². The smallest absolute Gasteiger partial charge is 0.264 e. The van der Waals surface area contributed by atoms with Gasteiger partial charge in [0.25, 0.3) is 10.1 Å². The molecule has 28 heavy (non-hydrogen) atoms. The van der Waals surface area contributed by atoms with Crippen molar-refractivity contribution in [3.63, 3.8) is 0 Å². The molecule has 0 aromatic heterocycles. The Balaban J connectivity index is 1.72. The van der Waals surface area contributed by atoms with Crippen LogP contribution in [0.4, 0.5) is 0 Å². The third-order valence-corrected chi connectivity index (χ3v) is 9.49. The molecule has 0 radical (unpaired) electrons. The number of hydrogen-bond donors (Lipinski definition) is 2. The molecule has 0 bridgehead atoms. The number of fused-ring (bicyclic) bond motifs is 5. The summed E-state index contributed by atoms with van der Waals surface area (Å²) in [7, 11) is -3.51. The van der Waals surface area contributed by atoms with Gasteiger partial charge in [-0.2, -0.15) is 8.42 Å². The van der Waals surface area contributed by atoms with E-state index in [-0.39, 0.29) is 29.6 Å². The first-order chi connectivity index (χ1) is 13.1. The van der Waals surface area contributed by atoms with E-state index in [1.54, 1.807) is 0 Å². The van der Waals surface area contributed by atoms with Crippen LogP contribution in [0.2, 0.25) is 0 Å². The lowest BCUT2D eigenvalue weighted by atomic mass is 9.46. The lowest BCUT2D eigenvalue weighted by Crippen LogP contribution is -2.54. The highest BCUT2D eigenvalue weighted by atomic mass is 32.2. The summed E-state index contributed by atoms with van der Waals surface area (Å²) in [5.74, 6) is 1.85. The van der Waals surface area contributed by atoms with Crippen LogP contribution in [0.3, 0.4) is 0 Å². The summed E-state index contributed by atoms with van der Waals surface area (Å²) in [5, 5.41) is 21.1. The number of aliphatic hydroxyl groups is 2. The van der Waals surface area contributed by atoms with Crippen molar-refractivity contribution >= 4 is 10.1 Å². The van der Waals surface area contributed by atoms with Gasteiger partial charge in [-0.15, -0.1) is 0 Å². The molecule has 4 aliphatic carbocycles. The van der Waals surface area contributed by atoms with Gasteiger partial charge in [0, 0.05) is 5.41 Å². The van der Waals surface area contributed by atoms with Crippen LogP contribution in [-0.4, -0.2) is 43.7 Å². The van der Waals surface area contributed by atoms with Crippen LogP contribution in [0.1, 0.15) is 65.2 Å². The molecule has 8 atom stereocenters. The Morgan fingerprint density at radius 3 is 2.68 bits per heavy atom. The Labute approximate surface area is 169 Å². The van der Waals surface area contributed by atoms with Crippen LogP contribution < -0.4 is 0 Å². The van der Waals surface area contributed by atoms with Crippen molar-refractivity contribution in [3.8, 4) is 0 Å². The van der Waals surface area contributed by atoms with Crippen LogP contribution in [0, 0.1) is 34.5 Å². The van der Waals surface area contributed by atoms with E-state index >= 15 is 0 Å². The Kier molecular flexibility index (Phi) is 5.26. The molecule has 0 aliphatic heterocycles. The third kappa shape index (κ3) is 3.19. The molecule has 4 rings (SSSR count). The maximum atomic E-state index is 11.8. The first kappa shape index (κ1) is 20.8. The normalized spacial score (nSPS) is 48.4. The van der Waals surface area contributed by atoms with E-state index in [1.165, 1.54) is 5.57 Å². The Morgan fingerprint density at radius 1 is 1.25 bits per heavy atom. The Bertz CT molecular complexity index is 746. The topological polar surface area (TPSA) is 83.8 Å². The molecule has 0 saturated heterocycles. The van der Waals surface area contributed by atoms with E-state index in [1.807, 2.05) is 0 Å². The first-order valence-electron chi connectivity index (χ1n) is 11.0. The second-order valence-corrected chi connectivity index (χ2v) is 11.9. The molecule has 3 fully saturated rings. The fraction of sp³-hybridized carbons (Fsp3) is 0.909. The van der Waals surface area contributed by atoms with Crippen molar-refractivity contribution < 1.29 is 22.8 Å². The molecule has 0 amide bonds. The zero-order chi connectivity index (χ0) is 20.3. The van der Waals surface area contributed by atoms with Crippen LogP contribution in [0.15, 0.2) is 11.6 Å². The third-order valence-electron chi connectivity index (χ3n) is 8.95. The highest BCUT2D eigenvalue weighted by molar-refractivity contribution is 7.85. The van der Waals surface area contributed by atoms with Crippen molar-refractivity contribution in [1.29, 1.82) is 0 Å². The highest BCUT2D eigenvalue weighted by Gasteiger charge is 2.62. The summed E-state index contributed by atoms with van der Waals surface area (Å²) >= 11 is 0. The van der Waals surface area contributed by atoms with E-state index in [0.717, 1.165) is 44.8 Å². The molecule has 2 N–H and O–H groups in total. The van der Waals surface area contributed by atoms with Crippen molar-refractivity contribution in [2.24, 2.45) is 34.5 Å². The molecule has 0 spiro atoms. The van der Waals surface area contributed by atoms with Gasteiger partial charge >= 0.3 is 0 Å². The van der Waals surface area contributed by atoms with Gasteiger partial charge in [-0.3, -0.25) is 4.18 Å². The van der Waals surface area contributed by atoms with Gasteiger partial charge in [0.2, 0.25) is 0 Å². The fourth-order valence-electron chi connectivity index (χ4n) is 7.60. The summed E-state index contributed by atoms with van der Waals surface area (Å²) in [6.07, 6.45) is 9.94. The summed E-state index contributed by atoms with van der Waals surface area (Å²) in [6, 6.07) is 0. The van der Waals surface area contributed by atoms with Crippen molar-refractivity contribution in [3.05, 3.63) is 11.6 Å². The summed E-state index contributed by atoms with van der Waals surface area (Å²) in [4.78, 5) is 0. The van der Waals surface area contributed by atoms with Crippen LogP contribution in [0.25, 0.3) is 0 Å². The number of aliphatic hydroxyl groups excluding tert-OH is 2. The number of hydrogen-bond acceptors (Lipinski definition) is 5. The minimum Gasteiger partial charge on any atom is -0.393 e. The average molecular weight is 413 g/mol. The van der Waals surface area contributed by atoms with Gasteiger partial charge in [0.05, 0.1) is 25.1 Å². The molecular formula is C22H36O5S. The lowest BCUT2D eigenvalue weighted by Gasteiger charge is -2.59. The number of allylic oxidation sites excluding steroid dienone is 1. The molecule has 160 valence electrons. The quantitative estimate of drug-likeness (QED) is 0.547. The van der Waals surface area contributed by atoms with Gasteiger partial charge < -0.3 is 10.2 Å². The second kappa shape index (κ2) is 7.07. The van der Waals surface area contributed by atoms with Crippen molar-refractivity contribution in [2.75, 3.05) is 12.9 Å². The van der Waals surface area contributed by atoms with Gasteiger partial charge in [0.1, 0.15) is 0 Å². The lowest BCUT2D eigenvalue weighted by molar-refractivity contribution is -0.0928. The van der Waals surface area contributed by atoms with Gasteiger partial charge in [0.15, 0.2) is 0 Å². The van der Waals surface area contributed by atoms with E-state index < -0.39 is 10.1 Å². The molecular weight excluding hydrogens is 376 g/mol. The monoisotopic (exact) mass is 412 g/mol. The maximum Gasteiger partial charge on any atom is 0.264 e. The second-order valence-electron chi connectivity index (χ2n) is 10.2. The minimum absolute atomic E-state index is 0.0275. The molecule has 0 aromatic rings. The first-order valence-corrected chi connectivity index (χ1v) is 12.8. The summed E-state index contributed by atoms with van der Waals surface area (Å²) in [5.41, 5.74) is 0.907. The molecule has 6 heteroatoms. The number of rotatable bonds is 4. The highest BCUT2D eigenvalue weighted by Crippen LogP contribution is 2.66. The SMILES string of the molecule is CCC1CC(O)[C@@]2(C)CC[C@@H]3[C@@H](CC=C4CC(O)CC[C@@]43COS(C)(=O)=O)[C@H]12. The predicted octanol–water partition coefficient (Wildman–Crippen LogP) is 3.26. The van der Waals surface area contributed by atoms with E-state index in [0.29, 0.717) is 36.5 Å². The largest absolute Gasteiger partial charge is 0.393 e. The average Bonchev–Trinajstić information content (AvgIpc) is 2.90. The molecule has 3 unspecified atom stereocenters. The zero-order valence-corrected chi connectivity index (χ0v) is 18.2. The molecule has 3 saturated carbocycles. The molecule has 5 nitrogen and oxygen atoms in total. The van der Waals surface area contributed by atoms with Crippen LogP contribution >= 0.6 is 0 Å². The molecule has 0 heterocycles. The van der Waals surface area contributed by atoms with Crippen LogP contribution in [0.5, 0.6) is 0 Å². The van der Waals surface area contributed by atoms with Crippen molar-refractivity contribution in [1.82, 2.24) is 0 Å². The van der Waals surface area contributed by atoms with Gasteiger partial charge in [-0.05, 0) is 74.0 Å².